The molecular formula is C14H17NO5. The molecule has 1 N–H and O–H groups in total. The molecular weight excluding hydrogens is 262 g/mol. The molecule has 20 heavy (non-hydrogen) atoms. The average molecular weight is 279 g/mol. The van der Waals surface area contributed by atoms with Crippen LogP contribution in [0.25, 0.3) is 0 Å². The lowest BCUT2D eigenvalue weighted by atomic mass is 9.96. The fourth-order valence-electron chi connectivity index (χ4n) is 2.21. The second-order valence-electron chi connectivity index (χ2n) is 4.96. The minimum atomic E-state index is -0.766. The SMILES string of the molecule is C/C1=C(\C(=O)ON2C(=O)CCC2=O)C[C@@H](O)/C=C/CC1. The van der Waals surface area contributed by atoms with Crippen molar-refractivity contribution in [2.24, 2.45) is 0 Å². The van der Waals surface area contributed by atoms with Gasteiger partial charge in [0.2, 0.25) is 0 Å². The first kappa shape index (κ1) is 14.5. The molecule has 1 atom stereocenters. The molecule has 1 saturated heterocycles. The summed E-state index contributed by atoms with van der Waals surface area (Å²) < 4.78 is 0. The molecule has 1 heterocycles. The van der Waals surface area contributed by atoms with Gasteiger partial charge in [0.1, 0.15) is 0 Å². The quantitative estimate of drug-likeness (QED) is 0.602. The lowest BCUT2D eigenvalue weighted by molar-refractivity contribution is -0.194. The Morgan fingerprint density at radius 3 is 2.60 bits per heavy atom. The third kappa shape index (κ3) is 3.14. The molecule has 0 aromatic rings. The molecule has 0 saturated carbocycles. The molecule has 108 valence electrons. The molecule has 0 aromatic carbocycles. The maximum atomic E-state index is 12.1. The van der Waals surface area contributed by atoms with E-state index in [0.717, 1.165) is 12.0 Å². The number of carbonyl (C=O) groups is 3. The van der Waals surface area contributed by atoms with Gasteiger partial charge >= 0.3 is 5.97 Å². The molecule has 6 heteroatoms. The standard InChI is InChI=1S/C14H17NO5/c1-9-4-2-3-5-10(16)8-11(9)14(19)20-15-12(17)6-7-13(15)18/h3,5,10,16H,2,4,6-8H2,1H3/b5-3+,11-9+/t10-/m0/s1. The number of imide groups is 1. The molecule has 2 rings (SSSR count). The summed E-state index contributed by atoms with van der Waals surface area (Å²) in [6, 6.07) is 0. The molecule has 0 unspecified atom stereocenters. The van der Waals surface area contributed by atoms with Crippen LogP contribution in [0.5, 0.6) is 0 Å². The molecule has 1 aliphatic heterocycles. The predicted octanol–water partition coefficient (Wildman–Crippen LogP) is 1.01. The van der Waals surface area contributed by atoms with Gasteiger partial charge in [-0.15, -0.1) is 5.06 Å². The van der Waals surface area contributed by atoms with Crippen molar-refractivity contribution in [2.45, 2.75) is 45.1 Å². The third-order valence-corrected chi connectivity index (χ3v) is 3.40. The fraction of sp³-hybridized carbons (Fsp3) is 0.500. The highest BCUT2D eigenvalue weighted by molar-refractivity contribution is 6.02. The molecule has 0 spiro atoms. The summed E-state index contributed by atoms with van der Waals surface area (Å²) in [5, 5.41) is 10.3. The van der Waals surface area contributed by atoms with Crippen LogP contribution < -0.4 is 0 Å². The smallest absolute Gasteiger partial charge is 0.359 e. The van der Waals surface area contributed by atoms with Gasteiger partial charge in [-0.05, 0) is 19.8 Å². The fourth-order valence-corrected chi connectivity index (χ4v) is 2.21. The first-order valence-electron chi connectivity index (χ1n) is 6.60. The molecule has 2 aliphatic rings. The van der Waals surface area contributed by atoms with Crippen molar-refractivity contribution in [2.75, 3.05) is 0 Å². The summed E-state index contributed by atoms with van der Waals surface area (Å²) in [5.74, 6) is -1.75. The van der Waals surface area contributed by atoms with Crippen LogP contribution in [0.15, 0.2) is 23.3 Å². The van der Waals surface area contributed by atoms with E-state index in [0.29, 0.717) is 17.1 Å². The number of hydrogen-bond donors (Lipinski definition) is 1. The van der Waals surface area contributed by atoms with Gasteiger partial charge in [0.25, 0.3) is 11.8 Å². The maximum Gasteiger partial charge on any atom is 0.359 e. The van der Waals surface area contributed by atoms with E-state index in [-0.39, 0.29) is 19.3 Å². The average Bonchev–Trinajstić information content (AvgIpc) is 2.70. The molecule has 1 aliphatic carbocycles. The molecule has 0 aromatic heterocycles. The van der Waals surface area contributed by atoms with Gasteiger partial charge in [0.15, 0.2) is 0 Å². The minimum Gasteiger partial charge on any atom is -0.389 e. The van der Waals surface area contributed by atoms with Crippen LogP contribution in [0.4, 0.5) is 0 Å². The summed E-state index contributed by atoms with van der Waals surface area (Å²) >= 11 is 0. The van der Waals surface area contributed by atoms with Crippen molar-refractivity contribution >= 4 is 17.8 Å². The highest BCUT2D eigenvalue weighted by atomic mass is 16.7. The summed E-state index contributed by atoms with van der Waals surface area (Å²) in [6.45, 7) is 1.79. The Balaban J connectivity index is 2.12. The van der Waals surface area contributed by atoms with Crippen LogP contribution in [-0.4, -0.2) is 34.1 Å². The Labute approximate surface area is 116 Å². The van der Waals surface area contributed by atoms with Gasteiger partial charge in [-0.25, -0.2) is 4.79 Å². The van der Waals surface area contributed by atoms with Gasteiger partial charge in [0.05, 0.1) is 6.10 Å². The normalized spacial score (nSPS) is 29.1. The zero-order chi connectivity index (χ0) is 14.7. The van der Waals surface area contributed by atoms with E-state index in [1.54, 1.807) is 13.0 Å². The lowest BCUT2D eigenvalue weighted by Crippen LogP contribution is -2.33. The Hall–Kier alpha value is -1.95. The second-order valence-corrected chi connectivity index (χ2v) is 4.96. The van der Waals surface area contributed by atoms with Crippen LogP contribution >= 0.6 is 0 Å². The number of hydrogen-bond acceptors (Lipinski definition) is 5. The number of aliphatic hydroxyl groups excluding tert-OH is 1. The van der Waals surface area contributed by atoms with E-state index in [1.165, 1.54) is 0 Å². The highest BCUT2D eigenvalue weighted by Gasteiger charge is 2.34. The van der Waals surface area contributed by atoms with E-state index < -0.39 is 23.9 Å². The predicted molar refractivity (Wildman–Crippen MR) is 68.9 cm³/mol. The number of amides is 2. The van der Waals surface area contributed by atoms with Crippen LogP contribution in [0, 0.1) is 0 Å². The van der Waals surface area contributed by atoms with Crippen LogP contribution in [0.1, 0.15) is 39.0 Å². The van der Waals surface area contributed by atoms with Crippen molar-refractivity contribution in [3.05, 3.63) is 23.3 Å². The summed E-state index contributed by atoms with van der Waals surface area (Å²) in [7, 11) is 0. The van der Waals surface area contributed by atoms with Crippen LogP contribution in [-0.2, 0) is 19.2 Å². The summed E-state index contributed by atoms with van der Waals surface area (Å²) in [5.41, 5.74) is 1.13. The first-order chi connectivity index (χ1) is 9.49. The van der Waals surface area contributed by atoms with E-state index in [1.807, 2.05) is 6.08 Å². The Morgan fingerprint density at radius 1 is 1.30 bits per heavy atom. The molecule has 6 nitrogen and oxygen atoms in total. The van der Waals surface area contributed by atoms with Crippen molar-refractivity contribution < 1.29 is 24.3 Å². The van der Waals surface area contributed by atoms with Gasteiger partial charge in [0, 0.05) is 24.8 Å². The van der Waals surface area contributed by atoms with E-state index in [9.17, 15) is 19.5 Å². The molecule has 0 bridgehead atoms. The monoisotopic (exact) mass is 279 g/mol. The van der Waals surface area contributed by atoms with Crippen LogP contribution in [0.3, 0.4) is 0 Å². The number of allylic oxidation sites excluding steroid dienone is 2. The minimum absolute atomic E-state index is 0.0650. The van der Waals surface area contributed by atoms with Crippen molar-refractivity contribution in [1.29, 1.82) is 0 Å². The number of hydroxylamine groups is 2. The van der Waals surface area contributed by atoms with Gasteiger partial charge in [-0.3, -0.25) is 9.59 Å². The first-order valence-corrected chi connectivity index (χ1v) is 6.60. The maximum absolute atomic E-state index is 12.1. The zero-order valence-corrected chi connectivity index (χ0v) is 11.3. The van der Waals surface area contributed by atoms with E-state index in [2.05, 4.69) is 0 Å². The topological polar surface area (TPSA) is 83.9 Å². The van der Waals surface area contributed by atoms with Crippen molar-refractivity contribution in [3.63, 3.8) is 0 Å². The summed E-state index contributed by atoms with van der Waals surface area (Å²) in [6.07, 6.45) is 4.38. The lowest BCUT2D eigenvalue weighted by Gasteiger charge is -2.18. The Bertz CT molecular complexity index is 490. The number of aliphatic hydroxyl groups is 1. The third-order valence-electron chi connectivity index (χ3n) is 3.40. The second kappa shape index (κ2) is 6.00. The number of carbonyl (C=O) groups excluding carboxylic acids is 3. The van der Waals surface area contributed by atoms with E-state index in [4.69, 9.17) is 4.84 Å². The summed E-state index contributed by atoms with van der Waals surface area (Å²) in [4.78, 5) is 39.8. The molecule has 2 amide bonds. The highest BCUT2D eigenvalue weighted by Crippen LogP contribution is 2.22. The largest absolute Gasteiger partial charge is 0.389 e. The molecule has 0 radical (unpaired) electrons. The van der Waals surface area contributed by atoms with Crippen LogP contribution in [0.2, 0.25) is 0 Å². The van der Waals surface area contributed by atoms with Gasteiger partial charge < -0.3 is 9.94 Å². The number of rotatable bonds is 2. The number of nitrogens with zero attached hydrogens (tertiary/aromatic N) is 1. The Morgan fingerprint density at radius 2 is 1.95 bits per heavy atom. The molecule has 1 fully saturated rings. The van der Waals surface area contributed by atoms with E-state index >= 15 is 0 Å². The van der Waals surface area contributed by atoms with Crippen molar-refractivity contribution in [1.82, 2.24) is 5.06 Å². The zero-order valence-electron chi connectivity index (χ0n) is 11.3. The van der Waals surface area contributed by atoms with Gasteiger partial charge in [-0.2, -0.15) is 0 Å². The van der Waals surface area contributed by atoms with Crippen molar-refractivity contribution in [3.8, 4) is 0 Å². The Kier molecular flexibility index (Phi) is 4.34. The van der Waals surface area contributed by atoms with Gasteiger partial charge in [-0.1, -0.05) is 17.7 Å².